The summed E-state index contributed by atoms with van der Waals surface area (Å²) in [4.78, 5) is 23.6. The van der Waals surface area contributed by atoms with E-state index in [9.17, 15) is 22.8 Å². The Bertz CT molecular complexity index is 666. The SMILES string of the molecule is C/C=C/CC(NC(=O)C(C)c1c(C)nn(CC(F)(F)F)c1C)C(=O)O. The van der Waals surface area contributed by atoms with Crippen molar-refractivity contribution < 1.29 is 27.9 Å². The molecule has 2 N–H and O–H groups in total. The Hall–Kier alpha value is -2.32. The van der Waals surface area contributed by atoms with Crippen molar-refractivity contribution in [1.29, 1.82) is 0 Å². The van der Waals surface area contributed by atoms with Gasteiger partial charge in [-0.3, -0.25) is 9.48 Å². The second-order valence-electron chi connectivity index (χ2n) is 5.78. The maximum absolute atomic E-state index is 12.6. The van der Waals surface area contributed by atoms with Gasteiger partial charge in [0.05, 0.1) is 11.6 Å². The fourth-order valence-electron chi connectivity index (χ4n) is 2.58. The highest BCUT2D eigenvalue weighted by Crippen LogP contribution is 2.26. The maximum Gasteiger partial charge on any atom is 0.408 e. The zero-order chi connectivity index (χ0) is 19.4. The summed E-state index contributed by atoms with van der Waals surface area (Å²) in [5, 5.41) is 15.4. The normalized spacial score (nSPS) is 14.5. The summed E-state index contributed by atoms with van der Waals surface area (Å²) in [5.74, 6) is -2.58. The average molecular weight is 361 g/mol. The van der Waals surface area contributed by atoms with Crippen LogP contribution in [-0.2, 0) is 16.1 Å². The van der Waals surface area contributed by atoms with Gasteiger partial charge in [0.1, 0.15) is 12.6 Å². The van der Waals surface area contributed by atoms with E-state index in [-0.39, 0.29) is 12.1 Å². The average Bonchev–Trinajstić information content (AvgIpc) is 2.74. The Balaban J connectivity index is 3.00. The molecule has 9 heteroatoms. The molecular formula is C16H22F3N3O3. The number of hydrogen-bond donors (Lipinski definition) is 2. The molecule has 0 spiro atoms. The Morgan fingerprint density at radius 1 is 1.36 bits per heavy atom. The molecule has 0 aliphatic rings. The molecule has 1 heterocycles. The maximum atomic E-state index is 12.6. The van der Waals surface area contributed by atoms with Gasteiger partial charge in [-0.25, -0.2) is 4.79 Å². The molecule has 0 saturated heterocycles. The van der Waals surface area contributed by atoms with Gasteiger partial charge in [-0.05, 0) is 34.1 Å². The molecule has 2 atom stereocenters. The number of nitrogens with one attached hydrogen (secondary N) is 1. The van der Waals surface area contributed by atoms with Gasteiger partial charge < -0.3 is 10.4 Å². The lowest BCUT2D eigenvalue weighted by molar-refractivity contribution is -0.143. The molecule has 0 fully saturated rings. The number of amides is 1. The number of carbonyl (C=O) groups excluding carboxylic acids is 1. The van der Waals surface area contributed by atoms with Crippen LogP contribution in [0.25, 0.3) is 0 Å². The third kappa shape index (κ3) is 5.61. The summed E-state index contributed by atoms with van der Waals surface area (Å²) >= 11 is 0. The number of allylic oxidation sites excluding steroid dienone is 1. The molecule has 1 aromatic heterocycles. The molecule has 1 amide bonds. The number of aliphatic carboxylic acids is 1. The minimum absolute atomic E-state index is 0.121. The first-order valence-corrected chi connectivity index (χ1v) is 7.73. The molecule has 1 rings (SSSR count). The zero-order valence-electron chi connectivity index (χ0n) is 14.5. The van der Waals surface area contributed by atoms with E-state index in [1.165, 1.54) is 20.8 Å². The van der Waals surface area contributed by atoms with Crippen molar-refractivity contribution in [3.05, 3.63) is 29.1 Å². The Kier molecular flexibility index (Phi) is 6.78. The predicted octanol–water partition coefficient (Wildman–Crippen LogP) is 2.70. The highest BCUT2D eigenvalue weighted by molar-refractivity contribution is 5.88. The van der Waals surface area contributed by atoms with E-state index in [1.807, 2.05) is 0 Å². The lowest BCUT2D eigenvalue weighted by atomic mass is 9.97. The van der Waals surface area contributed by atoms with Crippen molar-refractivity contribution >= 4 is 11.9 Å². The predicted molar refractivity (Wildman–Crippen MR) is 85.2 cm³/mol. The van der Waals surface area contributed by atoms with Crippen LogP contribution in [0.1, 0.15) is 43.1 Å². The molecule has 0 radical (unpaired) electrons. The van der Waals surface area contributed by atoms with Gasteiger partial charge in [0, 0.05) is 11.3 Å². The van der Waals surface area contributed by atoms with Crippen LogP contribution in [0.2, 0.25) is 0 Å². The molecule has 0 saturated carbocycles. The van der Waals surface area contributed by atoms with Crippen molar-refractivity contribution in [3.8, 4) is 0 Å². The second kappa shape index (κ2) is 8.17. The highest BCUT2D eigenvalue weighted by Gasteiger charge is 2.32. The van der Waals surface area contributed by atoms with Gasteiger partial charge in [0.15, 0.2) is 0 Å². The van der Waals surface area contributed by atoms with Crippen LogP contribution in [0.4, 0.5) is 13.2 Å². The van der Waals surface area contributed by atoms with Crippen LogP contribution in [0.5, 0.6) is 0 Å². The minimum Gasteiger partial charge on any atom is -0.480 e. The number of hydrogen-bond acceptors (Lipinski definition) is 3. The molecule has 1 aromatic rings. The van der Waals surface area contributed by atoms with Crippen LogP contribution in [0.15, 0.2) is 12.2 Å². The topological polar surface area (TPSA) is 84.2 Å². The molecule has 25 heavy (non-hydrogen) atoms. The third-order valence-corrected chi connectivity index (χ3v) is 3.81. The number of aromatic nitrogens is 2. The van der Waals surface area contributed by atoms with Crippen LogP contribution in [0, 0.1) is 13.8 Å². The van der Waals surface area contributed by atoms with E-state index in [2.05, 4.69) is 10.4 Å². The van der Waals surface area contributed by atoms with Crippen LogP contribution in [-0.4, -0.2) is 39.0 Å². The number of aryl methyl sites for hydroxylation is 1. The molecule has 140 valence electrons. The Labute approximate surface area is 143 Å². The fourth-order valence-corrected chi connectivity index (χ4v) is 2.58. The Morgan fingerprint density at radius 3 is 2.44 bits per heavy atom. The fraction of sp³-hybridized carbons (Fsp3) is 0.562. The summed E-state index contributed by atoms with van der Waals surface area (Å²) in [7, 11) is 0. The molecule has 0 bridgehead atoms. The van der Waals surface area contributed by atoms with Gasteiger partial charge in [-0.15, -0.1) is 0 Å². The van der Waals surface area contributed by atoms with E-state index >= 15 is 0 Å². The third-order valence-electron chi connectivity index (χ3n) is 3.81. The first kappa shape index (κ1) is 20.7. The number of carboxylic acids is 1. The van der Waals surface area contributed by atoms with E-state index < -0.39 is 36.6 Å². The van der Waals surface area contributed by atoms with Crippen LogP contribution in [0.3, 0.4) is 0 Å². The summed E-state index contributed by atoms with van der Waals surface area (Å²) in [5.41, 5.74) is 0.916. The summed E-state index contributed by atoms with van der Waals surface area (Å²) in [6.45, 7) is 4.98. The molecule has 0 aromatic carbocycles. The zero-order valence-corrected chi connectivity index (χ0v) is 14.5. The van der Waals surface area contributed by atoms with E-state index in [0.717, 1.165) is 4.68 Å². The van der Waals surface area contributed by atoms with Crippen LogP contribution >= 0.6 is 0 Å². The largest absolute Gasteiger partial charge is 0.480 e. The van der Waals surface area contributed by atoms with E-state index in [1.54, 1.807) is 19.1 Å². The van der Waals surface area contributed by atoms with Gasteiger partial charge in [0.25, 0.3) is 0 Å². The van der Waals surface area contributed by atoms with Crippen molar-refractivity contribution in [3.63, 3.8) is 0 Å². The number of rotatable bonds is 7. The van der Waals surface area contributed by atoms with Gasteiger partial charge in [-0.2, -0.15) is 18.3 Å². The monoisotopic (exact) mass is 361 g/mol. The lowest BCUT2D eigenvalue weighted by Gasteiger charge is -2.17. The first-order chi connectivity index (χ1) is 11.5. The summed E-state index contributed by atoms with van der Waals surface area (Å²) in [6.07, 6.45) is -1.02. The quantitative estimate of drug-likeness (QED) is 0.732. The first-order valence-electron chi connectivity index (χ1n) is 7.73. The molecule has 0 aliphatic heterocycles. The summed E-state index contributed by atoms with van der Waals surface area (Å²) in [6, 6.07) is -1.10. The molecule has 2 unspecified atom stereocenters. The van der Waals surface area contributed by atoms with Crippen molar-refractivity contribution in [2.45, 2.75) is 58.8 Å². The van der Waals surface area contributed by atoms with Crippen LogP contribution < -0.4 is 5.32 Å². The summed E-state index contributed by atoms with van der Waals surface area (Å²) < 4.78 is 38.6. The second-order valence-corrected chi connectivity index (χ2v) is 5.78. The number of halogens is 3. The smallest absolute Gasteiger partial charge is 0.408 e. The number of nitrogens with zero attached hydrogens (tertiary/aromatic N) is 2. The number of carbonyl (C=O) groups is 2. The van der Waals surface area contributed by atoms with E-state index in [4.69, 9.17) is 5.11 Å². The van der Waals surface area contributed by atoms with Crippen molar-refractivity contribution in [2.24, 2.45) is 0 Å². The van der Waals surface area contributed by atoms with Gasteiger partial charge >= 0.3 is 12.1 Å². The molecule has 6 nitrogen and oxygen atoms in total. The standard InChI is InChI=1S/C16H22F3N3O3/c1-5-6-7-12(15(24)25)20-14(23)9(2)13-10(3)21-22(11(13)4)8-16(17,18)19/h5-6,9,12H,7-8H2,1-4H3,(H,20,23)(H,24,25)/b6-5+. The van der Waals surface area contributed by atoms with Gasteiger partial charge in [-0.1, -0.05) is 12.2 Å². The van der Waals surface area contributed by atoms with Crippen molar-refractivity contribution in [1.82, 2.24) is 15.1 Å². The van der Waals surface area contributed by atoms with E-state index in [0.29, 0.717) is 11.3 Å². The lowest BCUT2D eigenvalue weighted by Crippen LogP contribution is -2.42. The highest BCUT2D eigenvalue weighted by atomic mass is 19.4. The number of carboxylic acid groups (broad SMARTS) is 1. The number of alkyl halides is 3. The van der Waals surface area contributed by atoms with Crippen molar-refractivity contribution in [2.75, 3.05) is 0 Å². The molecule has 0 aliphatic carbocycles. The Morgan fingerprint density at radius 2 is 1.96 bits per heavy atom. The van der Waals surface area contributed by atoms with Gasteiger partial charge in [0.2, 0.25) is 5.91 Å². The minimum atomic E-state index is -4.42. The molecular weight excluding hydrogens is 339 g/mol.